The fraction of sp³-hybridized carbons (Fsp3) is 0.571. The molecule has 2 heteroatoms. The van der Waals surface area contributed by atoms with E-state index in [9.17, 15) is 0 Å². The molecule has 1 aromatic carbocycles. The third-order valence-electron chi connectivity index (χ3n) is 3.50. The number of benzene rings is 1. The van der Waals surface area contributed by atoms with Gasteiger partial charge in [0, 0.05) is 30.2 Å². The van der Waals surface area contributed by atoms with Crippen molar-refractivity contribution in [2.75, 3.05) is 11.4 Å². The van der Waals surface area contributed by atoms with Gasteiger partial charge in [-0.3, -0.25) is 0 Å². The molecule has 0 radical (unpaired) electrons. The average molecular weight is 218 g/mol. The van der Waals surface area contributed by atoms with E-state index in [4.69, 9.17) is 5.73 Å². The molecular formula is C14H22N2. The van der Waals surface area contributed by atoms with Gasteiger partial charge in [0.25, 0.3) is 0 Å². The summed E-state index contributed by atoms with van der Waals surface area (Å²) in [6, 6.07) is 7.22. The second-order valence-electron chi connectivity index (χ2n) is 5.22. The smallest absolute Gasteiger partial charge is 0.0408 e. The lowest BCUT2D eigenvalue weighted by molar-refractivity contribution is 0.666. The van der Waals surface area contributed by atoms with Crippen molar-refractivity contribution in [3.05, 3.63) is 29.3 Å². The second-order valence-corrected chi connectivity index (χ2v) is 5.22. The molecule has 2 unspecified atom stereocenters. The Kier molecular flexibility index (Phi) is 2.94. The van der Waals surface area contributed by atoms with Gasteiger partial charge in [-0.2, -0.15) is 0 Å². The van der Waals surface area contributed by atoms with Crippen LogP contribution in [0.1, 0.15) is 50.8 Å². The first-order chi connectivity index (χ1) is 7.52. The van der Waals surface area contributed by atoms with Crippen molar-refractivity contribution in [3.63, 3.8) is 0 Å². The molecule has 88 valence electrons. The number of rotatable bonds is 2. The lowest BCUT2D eigenvalue weighted by atomic mass is 9.94. The van der Waals surface area contributed by atoms with E-state index in [-0.39, 0.29) is 6.04 Å². The van der Waals surface area contributed by atoms with Crippen LogP contribution in [0, 0.1) is 0 Å². The predicted octanol–water partition coefficient (Wildman–Crippen LogP) is 3.04. The SMILES string of the molecule is CC(N)c1cccc2c1C(C)CN2C(C)C. The molecule has 2 atom stereocenters. The summed E-state index contributed by atoms with van der Waals surface area (Å²) in [5.41, 5.74) is 10.2. The van der Waals surface area contributed by atoms with E-state index < -0.39 is 0 Å². The number of nitrogens with zero attached hydrogens (tertiary/aromatic N) is 1. The van der Waals surface area contributed by atoms with Gasteiger partial charge in [-0.1, -0.05) is 19.1 Å². The molecule has 2 rings (SSSR count). The Morgan fingerprint density at radius 3 is 2.56 bits per heavy atom. The highest BCUT2D eigenvalue weighted by Crippen LogP contribution is 2.40. The quantitative estimate of drug-likeness (QED) is 0.826. The van der Waals surface area contributed by atoms with Gasteiger partial charge in [-0.25, -0.2) is 0 Å². The number of nitrogens with two attached hydrogens (primary N) is 1. The van der Waals surface area contributed by atoms with Gasteiger partial charge in [0.15, 0.2) is 0 Å². The van der Waals surface area contributed by atoms with Crippen molar-refractivity contribution in [1.82, 2.24) is 0 Å². The normalized spacial score (nSPS) is 21.4. The van der Waals surface area contributed by atoms with E-state index in [1.807, 2.05) is 0 Å². The van der Waals surface area contributed by atoms with Crippen molar-refractivity contribution < 1.29 is 0 Å². The van der Waals surface area contributed by atoms with Crippen molar-refractivity contribution in [1.29, 1.82) is 0 Å². The summed E-state index contributed by atoms with van der Waals surface area (Å²) in [6.45, 7) is 9.99. The highest BCUT2D eigenvalue weighted by atomic mass is 15.2. The minimum atomic E-state index is 0.129. The minimum Gasteiger partial charge on any atom is -0.368 e. The monoisotopic (exact) mass is 218 g/mol. The molecule has 0 aromatic heterocycles. The van der Waals surface area contributed by atoms with Crippen LogP contribution in [0.25, 0.3) is 0 Å². The highest BCUT2D eigenvalue weighted by molar-refractivity contribution is 5.63. The summed E-state index contributed by atoms with van der Waals surface area (Å²) in [6.07, 6.45) is 0. The van der Waals surface area contributed by atoms with Crippen LogP contribution in [0.5, 0.6) is 0 Å². The first kappa shape index (κ1) is 11.5. The van der Waals surface area contributed by atoms with Crippen molar-refractivity contribution in [2.45, 2.75) is 45.7 Å². The highest BCUT2D eigenvalue weighted by Gasteiger charge is 2.29. The van der Waals surface area contributed by atoms with Gasteiger partial charge in [0.05, 0.1) is 0 Å². The Bertz CT molecular complexity index is 382. The van der Waals surface area contributed by atoms with Crippen molar-refractivity contribution in [3.8, 4) is 0 Å². The molecule has 1 heterocycles. The fourth-order valence-corrected chi connectivity index (χ4v) is 2.73. The molecule has 16 heavy (non-hydrogen) atoms. The molecule has 2 nitrogen and oxygen atoms in total. The van der Waals surface area contributed by atoms with Crippen LogP contribution >= 0.6 is 0 Å². The fourth-order valence-electron chi connectivity index (χ4n) is 2.73. The molecule has 1 aliphatic heterocycles. The van der Waals surface area contributed by atoms with Crippen LogP contribution in [-0.4, -0.2) is 12.6 Å². The van der Waals surface area contributed by atoms with Gasteiger partial charge < -0.3 is 10.6 Å². The zero-order valence-electron chi connectivity index (χ0n) is 10.7. The Hall–Kier alpha value is -1.02. The van der Waals surface area contributed by atoms with Gasteiger partial charge in [0.1, 0.15) is 0 Å². The lowest BCUT2D eigenvalue weighted by Crippen LogP contribution is -2.28. The molecule has 0 amide bonds. The molecule has 0 spiro atoms. The van der Waals surface area contributed by atoms with Gasteiger partial charge in [0.2, 0.25) is 0 Å². The molecule has 0 fully saturated rings. The third-order valence-corrected chi connectivity index (χ3v) is 3.50. The maximum Gasteiger partial charge on any atom is 0.0408 e. The Balaban J connectivity index is 2.51. The summed E-state index contributed by atoms with van der Waals surface area (Å²) in [4.78, 5) is 2.48. The Morgan fingerprint density at radius 2 is 2.00 bits per heavy atom. The molecule has 0 saturated carbocycles. The minimum absolute atomic E-state index is 0.129. The standard InChI is InChI=1S/C14H22N2/c1-9(2)16-8-10(3)14-12(11(4)15)6-5-7-13(14)16/h5-7,9-11H,8,15H2,1-4H3. The summed E-state index contributed by atoms with van der Waals surface area (Å²) >= 11 is 0. The molecule has 0 aliphatic carbocycles. The summed E-state index contributed by atoms with van der Waals surface area (Å²) in [5, 5.41) is 0. The van der Waals surface area contributed by atoms with E-state index in [0.717, 1.165) is 6.54 Å². The number of fused-ring (bicyclic) bond motifs is 1. The van der Waals surface area contributed by atoms with Crippen LogP contribution in [-0.2, 0) is 0 Å². The number of hydrogen-bond donors (Lipinski definition) is 1. The Morgan fingerprint density at radius 1 is 1.31 bits per heavy atom. The van der Waals surface area contributed by atoms with E-state index in [1.165, 1.54) is 16.8 Å². The van der Waals surface area contributed by atoms with Crippen LogP contribution in [0.3, 0.4) is 0 Å². The zero-order valence-corrected chi connectivity index (χ0v) is 10.7. The molecule has 1 aromatic rings. The molecular weight excluding hydrogens is 196 g/mol. The Labute approximate surface area is 98.4 Å². The first-order valence-corrected chi connectivity index (χ1v) is 6.17. The summed E-state index contributed by atoms with van der Waals surface area (Å²) < 4.78 is 0. The van der Waals surface area contributed by atoms with Crippen LogP contribution < -0.4 is 10.6 Å². The van der Waals surface area contributed by atoms with Crippen LogP contribution in [0.4, 0.5) is 5.69 Å². The molecule has 1 aliphatic rings. The van der Waals surface area contributed by atoms with Crippen LogP contribution in [0.2, 0.25) is 0 Å². The van der Waals surface area contributed by atoms with Gasteiger partial charge >= 0.3 is 0 Å². The topological polar surface area (TPSA) is 29.3 Å². The predicted molar refractivity (Wildman–Crippen MR) is 69.9 cm³/mol. The summed E-state index contributed by atoms with van der Waals surface area (Å²) in [7, 11) is 0. The molecule has 0 bridgehead atoms. The zero-order chi connectivity index (χ0) is 11.9. The lowest BCUT2D eigenvalue weighted by Gasteiger charge is -2.24. The van der Waals surface area contributed by atoms with E-state index in [1.54, 1.807) is 0 Å². The van der Waals surface area contributed by atoms with Crippen molar-refractivity contribution >= 4 is 5.69 Å². The average Bonchev–Trinajstić information content (AvgIpc) is 2.56. The van der Waals surface area contributed by atoms with Gasteiger partial charge in [-0.15, -0.1) is 0 Å². The summed E-state index contributed by atoms with van der Waals surface area (Å²) in [5.74, 6) is 0.597. The molecule has 2 N–H and O–H groups in total. The molecule has 0 saturated heterocycles. The third kappa shape index (κ3) is 1.71. The van der Waals surface area contributed by atoms with Gasteiger partial charge in [-0.05, 0) is 38.0 Å². The van der Waals surface area contributed by atoms with E-state index >= 15 is 0 Å². The van der Waals surface area contributed by atoms with E-state index in [0.29, 0.717) is 12.0 Å². The van der Waals surface area contributed by atoms with E-state index in [2.05, 4.69) is 50.8 Å². The maximum absolute atomic E-state index is 6.05. The number of hydrogen-bond acceptors (Lipinski definition) is 2. The van der Waals surface area contributed by atoms with Crippen LogP contribution in [0.15, 0.2) is 18.2 Å². The number of anilines is 1. The second kappa shape index (κ2) is 4.10. The van der Waals surface area contributed by atoms with Crippen molar-refractivity contribution in [2.24, 2.45) is 5.73 Å². The first-order valence-electron chi connectivity index (χ1n) is 6.17. The maximum atomic E-state index is 6.05. The largest absolute Gasteiger partial charge is 0.368 e.